The number of aromatic nitrogens is 3. The molecule has 7 heteroatoms. The Hall–Kier alpha value is -3.19. The number of nitrogens with zero attached hydrogens (tertiary/aromatic N) is 3. The molecule has 0 aliphatic rings. The van der Waals surface area contributed by atoms with Crippen molar-refractivity contribution in [1.82, 2.24) is 14.5 Å². The van der Waals surface area contributed by atoms with Crippen molar-refractivity contribution in [2.24, 2.45) is 0 Å². The third kappa shape index (κ3) is 3.86. The number of thiazole rings is 1. The first-order chi connectivity index (χ1) is 14.1. The standard InChI is InChI=1S/C22H21N3O3S/c1-4-28-19-8-6-15(10-20(19)27-3)21-24-16(12-29-21)11-25-13-23-18-7-5-14(2)9-17(18)22(25)26/h5-10,12-13H,4,11H2,1-3H3. The van der Waals surface area contributed by atoms with Gasteiger partial charge in [-0.3, -0.25) is 9.36 Å². The van der Waals surface area contributed by atoms with Gasteiger partial charge in [-0.2, -0.15) is 0 Å². The number of hydrogen-bond acceptors (Lipinski definition) is 6. The molecule has 0 fully saturated rings. The molecule has 0 radical (unpaired) electrons. The molecule has 2 aromatic heterocycles. The molecule has 0 aliphatic carbocycles. The number of rotatable bonds is 6. The van der Waals surface area contributed by atoms with Gasteiger partial charge in [0.25, 0.3) is 5.56 Å². The second-order valence-electron chi connectivity index (χ2n) is 6.64. The van der Waals surface area contributed by atoms with Crippen molar-refractivity contribution in [1.29, 1.82) is 0 Å². The molecule has 4 rings (SSSR count). The highest BCUT2D eigenvalue weighted by Crippen LogP contribution is 2.33. The summed E-state index contributed by atoms with van der Waals surface area (Å²) in [6.07, 6.45) is 1.58. The Morgan fingerprint density at radius 3 is 2.79 bits per heavy atom. The Kier molecular flexibility index (Phi) is 5.31. The van der Waals surface area contributed by atoms with Crippen LogP contribution in [0.2, 0.25) is 0 Å². The van der Waals surface area contributed by atoms with E-state index >= 15 is 0 Å². The molecule has 2 heterocycles. The highest BCUT2D eigenvalue weighted by atomic mass is 32.1. The van der Waals surface area contributed by atoms with Gasteiger partial charge in [-0.05, 0) is 44.2 Å². The van der Waals surface area contributed by atoms with E-state index in [1.54, 1.807) is 18.0 Å². The first kappa shape index (κ1) is 19.1. The molecule has 0 N–H and O–H groups in total. The van der Waals surface area contributed by atoms with E-state index in [9.17, 15) is 4.79 Å². The molecule has 0 amide bonds. The summed E-state index contributed by atoms with van der Waals surface area (Å²) in [5, 5.41) is 3.45. The van der Waals surface area contributed by atoms with Crippen LogP contribution in [-0.2, 0) is 6.54 Å². The van der Waals surface area contributed by atoms with E-state index in [4.69, 9.17) is 14.5 Å². The predicted molar refractivity (Wildman–Crippen MR) is 115 cm³/mol. The van der Waals surface area contributed by atoms with E-state index in [0.29, 0.717) is 35.6 Å². The van der Waals surface area contributed by atoms with Gasteiger partial charge in [0.15, 0.2) is 11.5 Å². The molecule has 0 saturated carbocycles. The highest BCUT2D eigenvalue weighted by molar-refractivity contribution is 7.13. The van der Waals surface area contributed by atoms with Crippen LogP contribution in [0.1, 0.15) is 18.2 Å². The summed E-state index contributed by atoms with van der Waals surface area (Å²) in [6, 6.07) is 11.5. The van der Waals surface area contributed by atoms with Crippen molar-refractivity contribution in [3.8, 4) is 22.1 Å². The van der Waals surface area contributed by atoms with Gasteiger partial charge in [-0.15, -0.1) is 11.3 Å². The number of benzene rings is 2. The van der Waals surface area contributed by atoms with Crippen molar-refractivity contribution < 1.29 is 9.47 Å². The van der Waals surface area contributed by atoms with Crippen molar-refractivity contribution in [3.63, 3.8) is 0 Å². The van der Waals surface area contributed by atoms with E-state index in [2.05, 4.69) is 4.98 Å². The lowest BCUT2D eigenvalue weighted by Gasteiger charge is -2.10. The molecule has 0 aliphatic heterocycles. The molecule has 0 unspecified atom stereocenters. The second kappa shape index (κ2) is 8.05. The fourth-order valence-corrected chi connectivity index (χ4v) is 3.96. The van der Waals surface area contributed by atoms with Crippen LogP contribution in [0.4, 0.5) is 0 Å². The molecule has 2 aromatic carbocycles. The van der Waals surface area contributed by atoms with Crippen LogP contribution in [0, 0.1) is 6.92 Å². The van der Waals surface area contributed by atoms with Gasteiger partial charge in [0, 0.05) is 10.9 Å². The van der Waals surface area contributed by atoms with Gasteiger partial charge in [-0.25, -0.2) is 9.97 Å². The normalized spacial score (nSPS) is 11.0. The van der Waals surface area contributed by atoms with Crippen LogP contribution in [-0.4, -0.2) is 28.3 Å². The van der Waals surface area contributed by atoms with Gasteiger partial charge in [0.05, 0.1) is 43.2 Å². The smallest absolute Gasteiger partial charge is 0.261 e. The maximum Gasteiger partial charge on any atom is 0.261 e. The van der Waals surface area contributed by atoms with Gasteiger partial charge in [-0.1, -0.05) is 11.6 Å². The Morgan fingerprint density at radius 1 is 1.14 bits per heavy atom. The summed E-state index contributed by atoms with van der Waals surface area (Å²) in [5.41, 5.74) is 3.44. The first-order valence-corrected chi connectivity index (χ1v) is 10.2. The minimum Gasteiger partial charge on any atom is -0.493 e. The molecule has 6 nitrogen and oxygen atoms in total. The number of hydrogen-bond donors (Lipinski definition) is 0. The molecule has 29 heavy (non-hydrogen) atoms. The van der Waals surface area contributed by atoms with E-state index in [-0.39, 0.29) is 5.56 Å². The minimum absolute atomic E-state index is 0.0593. The average Bonchev–Trinajstić information content (AvgIpc) is 3.19. The Balaban J connectivity index is 1.63. The van der Waals surface area contributed by atoms with Crippen LogP contribution < -0.4 is 15.0 Å². The summed E-state index contributed by atoms with van der Waals surface area (Å²) in [6.45, 7) is 4.85. The van der Waals surface area contributed by atoms with E-state index in [0.717, 1.165) is 21.8 Å². The van der Waals surface area contributed by atoms with Crippen LogP contribution in [0.3, 0.4) is 0 Å². The largest absolute Gasteiger partial charge is 0.493 e. The maximum absolute atomic E-state index is 12.8. The zero-order valence-corrected chi connectivity index (χ0v) is 17.3. The van der Waals surface area contributed by atoms with Crippen molar-refractivity contribution in [2.45, 2.75) is 20.4 Å². The predicted octanol–water partition coefficient (Wildman–Crippen LogP) is 4.28. The Morgan fingerprint density at radius 2 is 2.00 bits per heavy atom. The van der Waals surface area contributed by atoms with E-state index < -0.39 is 0 Å². The summed E-state index contributed by atoms with van der Waals surface area (Å²) in [4.78, 5) is 21.9. The lowest BCUT2D eigenvalue weighted by Crippen LogP contribution is -2.21. The van der Waals surface area contributed by atoms with Crippen LogP contribution in [0.5, 0.6) is 11.5 Å². The zero-order valence-electron chi connectivity index (χ0n) is 16.5. The number of fused-ring (bicyclic) bond motifs is 1. The summed E-state index contributed by atoms with van der Waals surface area (Å²) < 4.78 is 12.6. The fourth-order valence-electron chi connectivity index (χ4n) is 3.15. The lowest BCUT2D eigenvalue weighted by atomic mass is 10.2. The molecule has 0 atom stereocenters. The molecular formula is C22H21N3O3S. The zero-order chi connectivity index (χ0) is 20.4. The van der Waals surface area contributed by atoms with Gasteiger partial charge in [0.1, 0.15) is 5.01 Å². The van der Waals surface area contributed by atoms with Gasteiger partial charge in [0.2, 0.25) is 0 Å². The molecule has 4 aromatic rings. The monoisotopic (exact) mass is 407 g/mol. The van der Waals surface area contributed by atoms with Crippen LogP contribution in [0.15, 0.2) is 52.9 Å². The Labute approximate surface area is 172 Å². The van der Waals surface area contributed by atoms with Crippen LogP contribution in [0.25, 0.3) is 21.5 Å². The third-order valence-corrected chi connectivity index (χ3v) is 5.51. The number of methoxy groups -OCH3 is 1. The van der Waals surface area contributed by atoms with Crippen molar-refractivity contribution >= 4 is 22.2 Å². The average molecular weight is 407 g/mol. The first-order valence-electron chi connectivity index (χ1n) is 9.30. The van der Waals surface area contributed by atoms with Crippen molar-refractivity contribution in [3.05, 3.63) is 69.7 Å². The minimum atomic E-state index is -0.0593. The number of aryl methyl sites for hydroxylation is 1. The highest BCUT2D eigenvalue weighted by Gasteiger charge is 2.11. The maximum atomic E-state index is 12.8. The SMILES string of the molecule is CCOc1ccc(-c2nc(Cn3cnc4ccc(C)cc4c3=O)cs2)cc1OC. The van der Waals surface area contributed by atoms with E-state index in [1.807, 2.05) is 55.6 Å². The third-order valence-electron chi connectivity index (χ3n) is 4.57. The van der Waals surface area contributed by atoms with E-state index in [1.165, 1.54) is 11.3 Å². The number of ether oxygens (including phenoxy) is 2. The molecule has 0 spiro atoms. The Bertz CT molecular complexity index is 1230. The molecule has 148 valence electrons. The summed E-state index contributed by atoms with van der Waals surface area (Å²) in [5.74, 6) is 1.38. The summed E-state index contributed by atoms with van der Waals surface area (Å²) in [7, 11) is 1.62. The molecule has 0 bridgehead atoms. The van der Waals surface area contributed by atoms with Gasteiger partial charge >= 0.3 is 0 Å². The molecule has 0 saturated heterocycles. The van der Waals surface area contributed by atoms with Crippen molar-refractivity contribution in [2.75, 3.05) is 13.7 Å². The quantitative estimate of drug-likeness (QED) is 0.477. The van der Waals surface area contributed by atoms with Gasteiger partial charge < -0.3 is 9.47 Å². The lowest BCUT2D eigenvalue weighted by molar-refractivity contribution is 0.311. The second-order valence-corrected chi connectivity index (χ2v) is 7.50. The topological polar surface area (TPSA) is 66.2 Å². The summed E-state index contributed by atoms with van der Waals surface area (Å²) >= 11 is 1.53. The fraction of sp³-hybridized carbons (Fsp3) is 0.227. The van der Waals surface area contributed by atoms with Crippen LogP contribution >= 0.6 is 11.3 Å². The molecular weight excluding hydrogens is 386 g/mol.